The summed E-state index contributed by atoms with van der Waals surface area (Å²) in [7, 11) is 1.96. The lowest BCUT2D eigenvalue weighted by Crippen LogP contribution is -2.01. The molecule has 0 fully saturated rings. The van der Waals surface area contributed by atoms with Crippen LogP contribution in [0, 0.1) is 0 Å². The van der Waals surface area contributed by atoms with Crippen molar-refractivity contribution in [2.75, 3.05) is 5.32 Å². The van der Waals surface area contributed by atoms with Crippen molar-refractivity contribution in [1.82, 2.24) is 20.0 Å². The molecule has 0 unspecified atom stereocenters. The van der Waals surface area contributed by atoms with Crippen molar-refractivity contribution in [3.05, 3.63) is 54.0 Å². The van der Waals surface area contributed by atoms with Crippen molar-refractivity contribution in [2.24, 2.45) is 7.05 Å². The minimum Gasteiger partial charge on any atom is -0.381 e. The summed E-state index contributed by atoms with van der Waals surface area (Å²) < 4.78 is 1.87. The monoisotopic (exact) mass is 281 g/mol. The van der Waals surface area contributed by atoms with E-state index in [-0.39, 0.29) is 0 Å². The molecule has 0 radical (unpaired) electrons. The lowest BCUT2D eigenvalue weighted by Gasteiger charge is -2.07. The Labute approximate surface area is 124 Å². The lowest BCUT2D eigenvalue weighted by atomic mass is 10.1. The standard InChI is InChI=1S/C16H19N5/c1-3-15-13(11-21(2)20-15)10-17-14-6-4-5-12(9-14)16-7-8-18-19-16/h4-9,11,17H,3,10H2,1-2H3,(H,18,19). The van der Waals surface area contributed by atoms with Gasteiger partial charge in [0.25, 0.3) is 0 Å². The zero-order valence-corrected chi connectivity index (χ0v) is 12.3. The average Bonchev–Trinajstić information content (AvgIpc) is 3.14. The molecule has 0 aliphatic heterocycles. The van der Waals surface area contributed by atoms with Crippen LogP contribution < -0.4 is 5.32 Å². The van der Waals surface area contributed by atoms with Crippen molar-refractivity contribution in [3.8, 4) is 11.3 Å². The third-order valence-corrected chi connectivity index (χ3v) is 3.48. The number of hydrogen-bond donors (Lipinski definition) is 2. The Morgan fingerprint density at radius 1 is 1.29 bits per heavy atom. The second kappa shape index (κ2) is 5.83. The molecule has 1 aromatic carbocycles. The van der Waals surface area contributed by atoms with E-state index in [9.17, 15) is 0 Å². The van der Waals surface area contributed by atoms with Crippen molar-refractivity contribution in [1.29, 1.82) is 0 Å². The number of hydrogen-bond acceptors (Lipinski definition) is 3. The normalized spacial score (nSPS) is 10.8. The summed E-state index contributed by atoms with van der Waals surface area (Å²) in [5.41, 5.74) is 5.63. The van der Waals surface area contributed by atoms with Gasteiger partial charge in [-0.2, -0.15) is 10.2 Å². The molecule has 0 saturated carbocycles. The number of anilines is 1. The maximum absolute atomic E-state index is 4.46. The molecule has 0 amide bonds. The van der Waals surface area contributed by atoms with E-state index in [2.05, 4.69) is 51.9 Å². The number of benzene rings is 1. The summed E-state index contributed by atoms with van der Waals surface area (Å²) in [6, 6.07) is 10.3. The highest BCUT2D eigenvalue weighted by Crippen LogP contribution is 2.21. The van der Waals surface area contributed by atoms with Crippen LogP contribution >= 0.6 is 0 Å². The zero-order valence-electron chi connectivity index (χ0n) is 12.3. The van der Waals surface area contributed by atoms with Gasteiger partial charge in [0.15, 0.2) is 0 Å². The van der Waals surface area contributed by atoms with Crippen LogP contribution in [0.25, 0.3) is 11.3 Å². The van der Waals surface area contributed by atoms with Gasteiger partial charge in [0.05, 0.1) is 11.4 Å². The van der Waals surface area contributed by atoms with Gasteiger partial charge < -0.3 is 5.32 Å². The van der Waals surface area contributed by atoms with Crippen LogP contribution in [0.4, 0.5) is 5.69 Å². The summed E-state index contributed by atoms with van der Waals surface area (Å²) >= 11 is 0. The van der Waals surface area contributed by atoms with Gasteiger partial charge in [-0.15, -0.1) is 0 Å². The van der Waals surface area contributed by atoms with Crippen LogP contribution in [-0.4, -0.2) is 20.0 Å². The van der Waals surface area contributed by atoms with Gasteiger partial charge >= 0.3 is 0 Å². The maximum Gasteiger partial charge on any atom is 0.0671 e. The number of H-pyrrole nitrogens is 1. The van der Waals surface area contributed by atoms with Crippen LogP contribution in [0.1, 0.15) is 18.2 Å². The number of aromatic nitrogens is 4. The Balaban J connectivity index is 1.75. The first kappa shape index (κ1) is 13.4. The number of rotatable bonds is 5. The van der Waals surface area contributed by atoms with Crippen molar-refractivity contribution in [2.45, 2.75) is 19.9 Å². The SMILES string of the molecule is CCc1nn(C)cc1CNc1cccc(-c2ccn[nH]2)c1. The van der Waals surface area contributed by atoms with Crippen molar-refractivity contribution >= 4 is 5.69 Å². The molecule has 0 aliphatic rings. The fourth-order valence-electron chi connectivity index (χ4n) is 2.44. The maximum atomic E-state index is 4.46. The quantitative estimate of drug-likeness (QED) is 0.756. The fraction of sp³-hybridized carbons (Fsp3) is 0.250. The van der Waals surface area contributed by atoms with E-state index < -0.39 is 0 Å². The molecule has 2 N–H and O–H groups in total. The molecule has 0 atom stereocenters. The predicted octanol–water partition coefficient (Wildman–Crippen LogP) is 2.98. The van der Waals surface area contributed by atoms with E-state index >= 15 is 0 Å². The first-order valence-electron chi connectivity index (χ1n) is 7.11. The second-order valence-corrected chi connectivity index (χ2v) is 5.03. The Morgan fingerprint density at radius 2 is 2.19 bits per heavy atom. The molecule has 5 nitrogen and oxygen atoms in total. The summed E-state index contributed by atoms with van der Waals surface area (Å²) in [5.74, 6) is 0. The predicted molar refractivity (Wildman–Crippen MR) is 83.9 cm³/mol. The van der Waals surface area contributed by atoms with Gasteiger partial charge in [-0.1, -0.05) is 19.1 Å². The molecule has 5 heteroatoms. The molecule has 3 aromatic rings. The zero-order chi connectivity index (χ0) is 14.7. The van der Waals surface area contributed by atoms with Crippen molar-refractivity contribution < 1.29 is 0 Å². The molecule has 0 spiro atoms. The van der Waals surface area contributed by atoms with Crippen molar-refractivity contribution in [3.63, 3.8) is 0 Å². The number of aromatic amines is 1. The van der Waals surface area contributed by atoms with Gasteiger partial charge in [-0.05, 0) is 24.6 Å². The van der Waals surface area contributed by atoms with Gasteiger partial charge in [-0.3, -0.25) is 9.78 Å². The minimum absolute atomic E-state index is 0.781. The largest absolute Gasteiger partial charge is 0.381 e. The van der Waals surface area contributed by atoms with Crippen LogP contribution in [-0.2, 0) is 20.0 Å². The Hall–Kier alpha value is -2.56. The highest BCUT2D eigenvalue weighted by atomic mass is 15.3. The van der Waals surface area contributed by atoms with Gasteiger partial charge in [0, 0.05) is 42.8 Å². The molecule has 0 saturated heterocycles. The summed E-state index contributed by atoms with van der Waals surface area (Å²) in [6.07, 6.45) is 4.79. The van der Waals surface area contributed by atoms with Gasteiger partial charge in [0.1, 0.15) is 0 Å². The third-order valence-electron chi connectivity index (χ3n) is 3.48. The van der Waals surface area contributed by atoms with Gasteiger partial charge in [-0.25, -0.2) is 0 Å². The Bertz CT molecular complexity index is 712. The number of aryl methyl sites for hydroxylation is 2. The molecular weight excluding hydrogens is 262 g/mol. The smallest absolute Gasteiger partial charge is 0.0671 e. The van der Waals surface area contributed by atoms with Gasteiger partial charge in [0.2, 0.25) is 0 Å². The third kappa shape index (κ3) is 2.97. The molecular formula is C16H19N5. The van der Waals surface area contributed by atoms with Crippen LogP contribution in [0.15, 0.2) is 42.7 Å². The molecule has 3 rings (SSSR count). The molecule has 0 aliphatic carbocycles. The second-order valence-electron chi connectivity index (χ2n) is 5.03. The van der Waals surface area contributed by atoms with E-state index in [1.165, 1.54) is 5.56 Å². The lowest BCUT2D eigenvalue weighted by molar-refractivity contribution is 0.746. The first-order chi connectivity index (χ1) is 10.3. The molecule has 2 heterocycles. The van der Waals surface area contributed by atoms with E-state index in [1.807, 2.05) is 23.9 Å². The first-order valence-corrected chi connectivity index (χ1v) is 7.11. The highest BCUT2D eigenvalue weighted by molar-refractivity contribution is 5.64. The summed E-state index contributed by atoms with van der Waals surface area (Å²) in [4.78, 5) is 0. The fourth-order valence-corrected chi connectivity index (χ4v) is 2.44. The Morgan fingerprint density at radius 3 is 2.95 bits per heavy atom. The van der Waals surface area contributed by atoms with Crippen LogP contribution in [0.5, 0.6) is 0 Å². The van der Waals surface area contributed by atoms with Crippen LogP contribution in [0.2, 0.25) is 0 Å². The summed E-state index contributed by atoms with van der Waals surface area (Å²) in [6.45, 7) is 2.91. The Kier molecular flexibility index (Phi) is 3.73. The molecule has 2 aromatic heterocycles. The number of nitrogens with one attached hydrogen (secondary N) is 2. The average molecular weight is 281 g/mol. The van der Waals surface area contributed by atoms with E-state index in [0.717, 1.165) is 35.6 Å². The minimum atomic E-state index is 0.781. The topological polar surface area (TPSA) is 58.5 Å². The van der Waals surface area contributed by atoms with E-state index in [4.69, 9.17) is 0 Å². The van der Waals surface area contributed by atoms with E-state index in [1.54, 1.807) is 6.20 Å². The highest BCUT2D eigenvalue weighted by Gasteiger charge is 2.06. The summed E-state index contributed by atoms with van der Waals surface area (Å²) in [5, 5.41) is 14.9. The van der Waals surface area contributed by atoms with Crippen LogP contribution in [0.3, 0.4) is 0 Å². The number of nitrogens with zero attached hydrogens (tertiary/aromatic N) is 3. The molecule has 21 heavy (non-hydrogen) atoms. The molecule has 0 bridgehead atoms. The van der Waals surface area contributed by atoms with E-state index in [0.29, 0.717) is 0 Å². The molecule has 108 valence electrons.